The summed E-state index contributed by atoms with van der Waals surface area (Å²) in [6.07, 6.45) is -3.51. The van der Waals surface area contributed by atoms with Crippen LogP contribution in [0.15, 0.2) is 30.0 Å². The molecule has 1 rings (SSSR count). The molecule has 4 nitrogen and oxygen atoms in total. The van der Waals surface area contributed by atoms with Crippen molar-refractivity contribution in [2.24, 2.45) is 0 Å². The van der Waals surface area contributed by atoms with Gasteiger partial charge in [0, 0.05) is 18.0 Å². The Balaban J connectivity index is 2.77. The summed E-state index contributed by atoms with van der Waals surface area (Å²) in [5.74, 6) is -1.54. The van der Waals surface area contributed by atoms with Gasteiger partial charge in [0.15, 0.2) is 18.2 Å². The maximum Gasteiger partial charge on any atom is 0.422 e. The van der Waals surface area contributed by atoms with Crippen molar-refractivity contribution in [3.05, 3.63) is 35.8 Å². The van der Waals surface area contributed by atoms with Gasteiger partial charge in [0.25, 0.3) is 0 Å². The zero-order chi connectivity index (χ0) is 15.2. The molecule has 0 unspecified atom stereocenters. The van der Waals surface area contributed by atoms with Crippen molar-refractivity contribution in [1.29, 1.82) is 10.5 Å². The van der Waals surface area contributed by atoms with Crippen molar-refractivity contribution in [3.63, 3.8) is 0 Å². The lowest BCUT2D eigenvalue weighted by Gasteiger charge is -2.10. The SMILES string of the molecule is N#CC(C#N)=CNc1ccc(OCC(F)(F)F)c(F)c1. The number of nitrogens with zero attached hydrogens (tertiary/aromatic N) is 2. The van der Waals surface area contributed by atoms with E-state index in [0.29, 0.717) is 0 Å². The average molecular weight is 285 g/mol. The first-order chi connectivity index (χ1) is 9.35. The molecular weight excluding hydrogens is 278 g/mol. The highest BCUT2D eigenvalue weighted by molar-refractivity contribution is 5.51. The molecule has 0 saturated heterocycles. The molecule has 20 heavy (non-hydrogen) atoms. The van der Waals surface area contributed by atoms with Crippen molar-refractivity contribution in [3.8, 4) is 17.9 Å². The topological polar surface area (TPSA) is 68.8 Å². The molecule has 8 heteroatoms. The fourth-order valence-electron chi connectivity index (χ4n) is 1.11. The van der Waals surface area contributed by atoms with E-state index < -0.39 is 24.3 Å². The van der Waals surface area contributed by atoms with E-state index in [1.165, 1.54) is 6.07 Å². The van der Waals surface area contributed by atoms with Gasteiger partial charge in [-0.15, -0.1) is 0 Å². The van der Waals surface area contributed by atoms with Crippen molar-refractivity contribution in [1.82, 2.24) is 0 Å². The minimum atomic E-state index is -4.55. The lowest BCUT2D eigenvalue weighted by Crippen LogP contribution is -2.19. The molecular formula is C12H7F4N3O. The van der Waals surface area contributed by atoms with E-state index in [2.05, 4.69) is 10.1 Å². The van der Waals surface area contributed by atoms with Gasteiger partial charge in [-0.1, -0.05) is 0 Å². The molecule has 0 aromatic heterocycles. The van der Waals surface area contributed by atoms with E-state index >= 15 is 0 Å². The number of hydrogen-bond acceptors (Lipinski definition) is 4. The van der Waals surface area contributed by atoms with Crippen LogP contribution >= 0.6 is 0 Å². The van der Waals surface area contributed by atoms with Crippen molar-refractivity contribution < 1.29 is 22.3 Å². The number of alkyl halides is 3. The van der Waals surface area contributed by atoms with Gasteiger partial charge < -0.3 is 10.1 Å². The van der Waals surface area contributed by atoms with Gasteiger partial charge >= 0.3 is 6.18 Å². The van der Waals surface area contributed by atoms with Crippen LogP contribution in [0.2, 0.25) is 0 Å². The Labute approximate surface area is 111 Å². The van der Waals surface area contributed by atoms with Crippen LogP contribution in [0, 0.1) is 28.5 Å². The summed E-state index contributed by atoms with van der Waals surface area (Å²) in [6, 6.07) is 6.30. The Bertz CT molecular complexity index is 580. The number of ether oxygens (including phenoxy) is 1. The summed E-state index contributed by atoms with van der Waals surface area (Å²) in [5.41, 5.74) is -0.0762. The molecule has 0 aliphatic heterocycles. The summed E-state index contributed by atoms with van der Waals surface area (Å²) in [4.78, 5) is 0. The van der Waals surface area contributed by atoms with Gasteiger partial charge in [-0.2, -0.15) is 23.7 Å². The number of nitrogens with one attached hydrogen (secondary N) is 1. The number of hydrogen-bond donors (Lipinski definition) is 1. The molecule has 1 aromatic rings. The second kappa shape index (κ2) is 6.43. The van der Waals surface area contributed by atoms with Gasteiger partial charge in [-0.3, -0.25) is 0 Å². The predicted molar refractivity (Wildman–Crippen MR) is 60.9 cm³/mol. The summed E-state index contributed by atoms with van der Waals surface area (Å²) in [7, 11) is 0. The van der Waals surface area contributed by atoms with E-state index in [0.717, 1.165) is 18.3 Å². The molecule has 0 aliphatic carbocycles. The number of halogens is 4. The molecule has 1 aromatic carbocycles. The molecule has 0 heterocycles. The van der Waals surface area contributed by atoms with Crippen LogP contribution in [-0.4, -0.2) is 12.8 Å². The number of rotatable bonds is 4. The van der Waals surface area contributed by atoms with Crippen LogP contribution in [0.5, 0.6) is 5.75 Å². The molecule has 0 spiro atoms. The van der Waals surface area contributed by atoms with Crippen molar-refractivity contribution in [2.75, 3.05) is 11.9 Å². The first-order valence-electron chi connectivity index (χ1n) is 5.11. The second-order valence-electron chi connectivity index (χ2n) is 3.48. The molecule has 0 saturated carbocycles. The Morgan fingerprint density at radius 3 is 2.45 bits per heavy atom. The Morgan fingerprint density at radius 1 is 1.30 bits per heavy atom. The second-order valence-corrected chi connectivity index (χ2v) is 3.48. The third-order valence-electron chi connectivity index (χ3n) is 1.95. The number of allylic oxidation sites excluding steroid dienone is 1. The van der Waals surface area contributed by atoms with E-state index in [9.17, 15) is 17.6 Å². The third kappa shape index (κ3) is 4.86. The number of benzene rings is 1. The lowest BCUT2D eigenvalue weighted by molar-refractivity contribution is -0.153. The predicted octanol–water partition coefficient (Wildman–Crippen LogP) is 3.11. The first kappa shape index (κ1) is 15.3. The van der Waals surface area contributed by atoms with Gasteiger partial charge in [0.1, 0.15) is 17.7 Å². The highest BCUT2D eigenvalue weighted by Gasteiger charge is 2.28. The largest absolute Gasteiger partial charge is 0.481 e. The minimum Gasteiger partial charge on any atom is -0.481 e. The smallest absolute Gasteiger partial charge is 0.422 e. The van der Waals surface area contributed by atoms with E-state index in [4.69, 9.17) is 10.5 Å². The van der Waals surface area contributed by atoms with Crippen LogP contribution in [-0.2, 0) is 0 Å². The monoisotopic (exact) mass is 285 g/mol. The van der Waals surface area contributed by atoms with Gasteiger partial charge in [-0.25, -0.2) is 4.39 Å². The van der Waals surface area contributed by atoms with E-state index in [1.54, 1.807) is 12.1 Å². The van der Waals surface area contributed by atoms with Crippen LogP contribution in [0.25, 0.3) is 0 Å². The Kier molecular flexibility index (Phi) is 4.93. The highest BCUT2D eigenvalue weighted by atomic mass is 19.4. The summed E-state index contributed by atoms with van der Waals surface area (Å²) in [6.45, 7) is -1.59. The standard InChI is InChI=1S/C12H7F4N3O/c13-10-3-9(19-6-8(4-17)5-18)1-2-11(10)20-7-12(14,15)16/h1-3,6,19H,7H2. The summed E-state index contributed by atoms with van der Waals surface area (Å²) < 4.78 is 53.4. The zero-order valence-electron chi connectivity index (χ0n) is 9.83. The molecule has 0 radical (unpaired) electrons. The minimum absolute atomic E-state index is 0.157. The molecule has 0 bridgehead atoms. The first-order valence-corrected chi connectivity index (χ1v) is 5.11. The molecule has 1 N–H and O–H groups in total. The van der Waals surface area contributed by atoms with Gasteiger partial charge in [-0.05, 0) is 12.1 Å². The maximum atomic E-state index is 13.4. The quantitative estimate of drug-likeness (QED) is 0.681. The third-order valence-corrected chi connectivity index (χ3v) is 1.95. The maximum absolute atomic E-state index is 13.4. The van der Waals surface area contributed by atoms with Crippen molar-refractivity contribution in [2.45, 2.75) is 6.18 Å². The van der Waals surface area contributed by atoms with E-state index in [1.807, 2.05) is 0 Å². The zero-order valence-corrected chi connectivity index (χ0v) is 9.83. The Morgan fingerprint density at radius 2 is 1.95 bits per heavy atom. The molecule has 104 valence electrons. The fourth-order valence-corrected chi connectivity index (χ4v) is 1.11. The molecule has 0 amide bonds. The lowest BCUT2D eigenvalue weighted by atomic mass is 10.3. The van der Waals surface area contributed by atoms with Gasteiger partial charge in [0.05, 0.1) is 0 Å². The summed E-state index contributed by atoms with van der Waals surface area (Å²) in [5, 5.41) is 19.4. The van der Waals surface area contributed by atoms with Crippen molar-refractivity contribution >= 4 is 5.69 Å². The molecule has 0 aliphatic rings. The van der Waals surface area contributed by atoms with Crippen LogP contribution in [0.3, 0.4) is 0 Å². The van der Waals surface area contributed by atoms with Gasteiger partial charge in [0.2, 0.25) is 0 Å². The summed E-state index contributed by atoms with van der Waals surface area (Å²) >= 11 is 0. The number of anilines is 1. The van der Waals surface area contributed by atoms with E-state index in [-0.39, 0.29) is 11.3 Å². The van der Waals surface area contributed by atoms with Crippen LogP contribution < -0.4 is 10.1 Å². The number of nitriles is 2. The van der Waals surface area contributed by atoms with Crippen LogP contribution in [0.1, 0.15) is 0 Å². The normalized spacial score (nSPS) is 10.1. The average Bonchev–Trinajstić information content (AvgIpc) is 2.38. The molecule has 0 fully saturated rings. The molecule has 0 atom stereocenters. The Hall–Kier alpha value is -2.74. The van der Waals surface area contributed by atoms with Crippen LogP contribution in [0.4, 0.5) is 23.2 Å². The highest BCUT2D eigenvalue weighted by Crippen LogP contribution is 2.24. The fraction of sp³-hybridized carbons (Fsp3) is 0.167.